The highest BCUT2D eigenvalue weighted by Gasteiger charge is 2.13. The Kier molecular flexibility index (Phi) is 3.64. The molecule has 0 aliphatic carbocycles. The number of fused-ring (bicyclic) bond motifs is 2. The summed E-state index contributed by atoms with van der Waals surface area (Å²) in [7, 11) is 1.85. The zero-order chi connectivity index (χ0) is 19.1. The smallest absolute Gasteiger partial charge is 0.247 e. The maximum Gasteiger partial charge on any atom is 0.247 e. The molecule has 0 aliphatic rings. The van der Waals surface area contributed by atoms with Gasteiger partial charge in [-0.05, 0) is 23.8 Å². The van der Waals surface area contributed by atoms with Gasteiger partial charge in [-0.25, -0.2) is 4.98 Å². The zero-order valence-electron chi connectivity index (χ0n) is 15.0. The molecule has 0 unspecified atom stereocenters. The molecule has 1 amide bonds. The van der Waals surface area contributed by atoms with E-state index in [1.165, 1.54) is 0 Å². The number of hydrogen-bond donors (Lipinski definition) is 2. The molecule has 28 heavy (non-hydrogen) atoms. The Bertz CT molecular complexity index is 1310. The van der Waals surface area contributed by atoms with Gasteiger partial charge in [0.1, 0.15) is 6.54 Å². The lowest BCUT2D eigenvalue weighted by molar-refractivity contribution is -0.116. The third-order valence-corrected chi connectivity index (χ3v) is 4.62. The van der Waals surface area contributed by atoms with Gasteiger partial charge in [0, 0.05) is 35.8 Å². The first-order valence-electron chi connectivity index (χ1n) is 8.71. The van der Waals surface area contributed by atoms with Crippen LogP contribution in [0.25, 0.3) is 33.1 Å². The first kappa shape index (κ1) is 16.2. The Hall–Kier alpha value is -4.01. The summed E-state index contributed by atoms with van der Waals surface area (Å²) in [4.78, 5) is 16.7. The molecule has 4 aromatic heterocycles. The molecule has 9 nitrogen and oxygen atoms in total. The number of aromatic nitrogens is 7. The van der Waals surface area contributed by atoms with E-state index in [2.05, 4.69) is 30.7 Å². The molecule has 0 spiro atoms. The molecule has 0 saturated carbocycles. The summed E-state index contributed by atoms with van der Waals surface area (Å²) in [6.07, 6.45) is 7.00. The number of aromatic amines is 1. The Labute approximate surface area is 159 Å². The average molecular weight is 372 g/mol. The van der Waals surface area contributed by atoms with Gasteiger partial charge in [-0.15, -0.1) is 0 Å². The van der Waals surface area contributed by atoms with Crippen molar-refractivity contribution in [1.29, 1.82) is 0 Å². The van der Waals surface area contributed by atoms with Crippen LogP contribution in [0.3, 0.4) is 0 Å². The number of anilines is 1. The number of nitrogens with zero attached hydrogens (tertiary/aromatic N) is 6. The minimum atomic E-state index is -0.193. The van der Waals surface area contributed by atoms with E-state index in [9.17, 15) is 4.79 Å². The van der Waals surface area contributed by atoms with Gasteiger partial charge in [-0.3, -0.25) is 19.3 Å². The highest BCUT2D eigenvalue weighted by atomic mass is 16.2. The summed E-state index contributed by atoms with van der Waals surface area (Å²) < 4.78 is 3.35. The molecule has 0 saturated heterocycles. The van der Waals surface area contributed by atoms with Crippen molar-refractivity contribution in [3.8, 4) is 11.1 Å². The topological polar surface area (TPSA) is 106 Å². The predicted molar refractivity (Wildman–Crippen MR) is 104 cm³/mol. The summed E-state index contributed by atoms with van der Waals surface area (Å²) in [5.74, 6) is 0.353. The molecule has 9 heteroatoms. The molecule has 0 fully saturated rings. The first-order chi connectivity index (χ1) is 13.7. The van der Waals surface area contributed by atoms with Gasteiger partial charge in [-0.2, -0.15) is 15.3 Å². The lowest BCUT2D eigenvalue weighted by Gasteiger charge is -2.03. The van der Waals surface area contributed by atoms with Gasteiger partial charge in [0.05, 0.1) is 17.9 Å². The van der Waals surface area contributed by atoms with Gasteiger partial charge < -0.3 is 5.32 Å². The summed E-state index contributed by atoms with van der Waals surface area (Å²) in [5.41, 5.74) is 3.53. The fourth-order valence-electron chi connectivity index (χ4n) is 3.32. The number of nitrogens with one attached hydrogen (secondary N) is 2. The molecule has 1 aromatic carbocycles. The van der Waals surface area contributed by atoms with Crippen LogP contribution < -0.4 is 5.32 Å². The van der Waals surface area contributed by atoms with E-state index >= 15 is 0 Å². The molecule has 2 N–H and O–H groups in total. The van der Waals surface area contributed by atoms with Gasteiger partial charge in [-0.1, -0.05) is 12.1 Å². The second-order valence-corrected chi connectivity index (χ2v) is 6.45. The van der Waals surface area contributed by atoms with Crippen molar-refractivity contribution in [2.45, 2.75) is 6.54 Å². The van der Waals surface area contributed by atoms with Crippen LogP contribution in [0, 0.1) is 0 Å². The molecule has 5 rings (SSSR count). The predicted octanol–water partition coefficient (Wildman–Crippen LogP) is 2.35. The number of benzene rings is 1. The van der Waals surface area contributed by atoms with Crippen molar-refractivity contribution < 1.29 is 4.79 Å². The van der Waals surface area contributed by atoms with Crippen LogP contribution in [-0.2, 0) is 18.4 Å². The molecule has 5 aromatic rings. The second kappa shape index (κ2) is 6.31. The number of hydrogen-bond acceptors (Lipinski definition) is 5. The minimum absolute atomic E-state index is 0.0878. The Morgan fingerprint density at radius 3 is 3.00 bits per heavy atom. The maximum atomic E-state index is 12.5. The molecule has 4 heterocycles. The second-order valence-electron chi connectivity index (χ2n) is 6.45. The van der Waals surface area contributed by atoms with E-state index in [1.54, 1.807) is 28.0 Å². The number of H-pyrrole nitrogens is 1. The van der Waals surface area contributed by atoms with Crippen LogP contribution >= 0.6 is 0 Å². The van der Waals surface area contributed by atoms with Crippen LogP contribution in [0.1, 0.15) is 0 Å². The van der Waals surface area contributed by atoms with Crippen molar-refractivity contribution in [3.63, 3.8) is 0 Å². The number of aryl methyl sites for hydroxylation is 1. The Balaban J connectivity index is 1.37. The van der Waals surface area contributed by atoms with Gasteiger partial charge in [0.2, 0.25) is 5.91 Å². The van der Waals surface area contributed by atoms with Crippen molar-refractivity contribution >= 4 is 33.7 Å². The lowest BCUT2D eigenvalue weighted by Crippen LogP contribution is -2.19. The number of rotatable bonds is 4. The summed E-state index contributed by atoms with van der Waals surface area (Å²) in [6, 6.07) is 9.66. The first-order valence-corrected chi connectivity index (χ1v) is 8.71. The highest BCUT2D eigenvalue weighted by Crippen LogP contribution is 2.26. The third kappa shape index (κ3) is 2.69. The summed E-state index contributed by atoms with van der Waals surface area (Å²) in [6.45, 7) is 0.0878. The number of carbonyl (C=O) groups is 1. The quantitative estimate of drug-likeness (QED) is 0.504. The van der Waals surface area contributed by atoms with Crippen molar-refractivity contribution in [2.24, 2.45) is 7.05 Å². The van der Waals surface area contributed by atoms with E-state index in [1.807, 2.05) is 43.6 Å². The SMILES string of the molecule is Cn1nc(NC(=O)Cn2cc(-c3ccnc4[nH]ncc34)cn2)c2ccccc21. The normalized spacial score (nSPS) is 11.3. The van der Waals surface area contributed by atoms with E-state index in [4.69, 9.17) is 0 Å². The Morgan fingerprint density at radius 1 is 1.18 bits per heavy atom. The van der Waals surface area contributed by atoms with Crippen molar-refractivity contribution in [3.05, 3.63) is 55.1 Å². The number of pyridine rings is 1. The standard InChI is InChI=1S/C19H16N8O/c1-26-16-5-3-2-4-14(16)19(25-26)23-17(28)11-27-10-12(8-22-27)13-6-7-20-18-15(13)9-21-24-18/h2-10H,11H2,1H3,(H,20,21,24)(H,23,25,28). The van der Waals surface area contributed by atoms with Crippen LogP contribution in [0.4, 0.5) is 5.82 Å². The van der Waals surface area contributed by atoms with E-state index in [-0.39, 0.29) is 12.5 Å². The molecular weight excluding hydrogens is 356 g/mol. The van der Waals surface area contributed by atoms with Crippen molar-refractivity contribution in [2.75, 3.05) is 5.32 Å². The molecule has 138 valence electrons. The third-order valence-electron chi connectivity index (χ3n) is 4.62. The van der Waals surface area contributed by atoms with Gasteiger partial charge in [0.25, 0.3) is 0 Å². The number of carbonyl (C=O) groups excluding carboxylic acids is 1. The highest BCUT2D eigenvalue weighted by molar-refractivity contribution is 5.99. The molecule has 0 atom stereocenters. The number of amides is 1. The molecule has 0 radical (unpaired) electrons. The monoisotopic (exact) mass is 372 g/mol. The van der Waals surface area contributed by atoms with E-state index < -0.39 is 0 Å². The minimum Gasteiger partial charge on any atom is -0.307 e. The number of para-hydroxylation sites is 1. The fraction of sp³-hybridized carbons (Fsp3) is 0.105. The van der Waals surface area contributed by atoms with Crippen molar-refractivity contribution in [1.82, 2.24) is 34.7 Å². The van der Waals surface area contributed by atoms with Crippen LogP contribution in [-0.4, -0.2) is 40.6 Å². The van der Waals surface area contributed by atoms with Gasteiger partial charge in [0.15, 0.2) is 11.5 Å². The maximum absolute atomic E-state index is 12.5. The average Bonchev–Trinajstić information content (AvgIpc) is 3.42. The largest absolute Gasteiger partial charge is 0.307 e. The van der Waals surface area contributed by atoms with Crippen LogP contribution in [0.2, 0.25) is 0 Å². The fourth-order valence-corrected chi connectivity index (χ4v) is 3.32. The molecule has 0 aliphatic heterocycles. The van der Waals surface area contributed by atoms with E-state index in [0.29, 0.717) is 11.5 Å². The van der Waals surface area contributed by atoms with Crippen LogP contribution in [0.15, 0.2) is 55.1 Å². The Morgan fingerprint density at radius 2 is 2.07 bits per heavy atom. The zero-order valence-corrected chi connectivity index (χ0v) is 15.0. The summed E-state index contributed by atoms with van der Waals surface area (Å²) in [5, 5.41) is 20.3. The molecular formula is C19H16N8O. The lowest BCUT2D eigenvalue weighted by atomic mass is 10.1. The van der Waals surface area contributed by atoms with Crippen LogP contribution in [0.5, 0.6) is 0 Å². The van der Waals surface area contributed by atoms with Gasteiger partial charge >= 0.3 is 0 Å². The molecule has 0 bridgehead atoms. The summed E-state index contributed by atoms with van der Waals surface area (Å²) >= 11 is 0. The van der Waals surface area contributed by atoms with E-state index in [0.717, 1.165) is 27.4 Å².